The van der Waals surface area contributed by atoms with Gasteiger partial charge >= 0.3 is 0 Å². The maximum Gasteiger partial charge on any atom is 0.252 e. The Morgan fingerprint density at radius 1 is 1.19 bits per heavy atom. The number of carbonyl (C=O) groups is 1. The Hall–Kier alpha value is -3.16. The van der Waals surface area contributed by atoms with Crippen molar-refractivity contribution in [2.45, 2.75) is 26.7 Å². The summed E-state index contributed by atoms with van der Waals surface area (Å²) < 4.78 is 12.1. The summed E-state index contributed by atoms with van der Waals surface area (Å²) in [4.78, 5) is 20.9. The van der Waals surface area contributed by atoms with Crippen LogP contribution in [0.15, 0.2) is 24.5 Å². The Bertz CT molecular complexity index is 951. The minimum absolute atomic E-state index is 0.0882. The number of fused-ring (bicyclic) bond motifs is 1. The summed E-state index contributed by atoms with van der Waals surface area (Å²) in [5.41, 5.74) is 3.47. The molecule has 8 nitrogen and oxygen atoms in total. The molecule has 1 aromatic carbocycles. The largest absolute Gasteiger partial charge is 0.493 e. The van der Waals surface area contributed by atoms with Gasteiger partial charge in [-0.1, -0.05) is 0 Å². The van der Waals surface area contributed by atoms with E-state index in [1.165, 1.54) is 6.33 Å². The minimum Gasteiger partial charge on any atom is -0.493 e. The Labute approximate surface area is 151 Å². The van der Waals surface area contributed by atoms with E-state index in [9.17, 15) is 4.79 Å². The van der Waals surface area contributed by atoms with Crippen LogP contribution >= 0.6 is 0 Å². The number of methoxy groups -OCH3 is 2. The van der Waals surface area contributed by atoms with Gasteiger partial charge < -0.3 is 14.8 Å². The third-order valence-corrected chi connectivity index (χ3v) is 4.26. The number of amides is 1. The van der Waals surface area contributed by atoms with Crippen molar-refractivity contribution in [3.8, 4) is 11.5 Å². The highest BCUT2D eigenvalue weighted by atomic mass is 16.5. The summed E-state index contributed by atoms with van der Waals surface area (Å²) in [5.74, 6) is 1.66. The summed E-state index contributed by atoms with van der Waals surface area (Å²) in [6.07, 6.45) is 2.37. The molecule has 0 saturated heterocycles. The standard InChI is InChI=1S/C18H21N5O3/c1-11-14(12(2)23-18(21-11)19-10-20-23)6-8-17(24)22-13-5-7-15(25-3)16(9-13)26-4/h5,7,9-10H,6,8H2,1-4H3,(H,22,24). The van der Waals surface area contributed by atoms with E-state index in [-0.39, 0.29) is 5.91 Å². The van der Waals surface area contributed by atoms with Gasteiger partial charge in [0.1, 0.15) is 6.33 Å². The van der Waals surface area contributed by atoms with E-state index in [2.05, 4.69) is 20.4 Å². The molecule has 0 saturated carbocycles. The van der Waals surface area contributed by atoms with Crippen LogP contribution in [0.3, 0.4) is 0 Å². The summed E-state index contributed by atoms with van der Waals surface area (Å²) in [7, 11) is 3.13. The highest BCUT2D eigenvalue weighted by Gasteiger charge is 2.13. The first-order valence-electron chi connectivity index (χ1n) is 8.21. The smallest absolute Gasteiger partial charge is 0.252 e. The van der Waals surface area contributed by atoms with Gasteiger partial charge in [-0.2, -0.15) is 10.1 Å². The summed E-state index contributed by atoms with van der Waals surface area (Å²) in [6.45, 7) is 3.88. The number of nitrogens with zero attached hydrogens (tertiary/aromatic N) is 4. The summed E-state index contributed by atoms with van der Waals surface area (Å²) in [5, 5.41) is 7.05. The molecule has 1 amide bonds. The number of ether oxygens (including phenoxy) is 2. The van der Waals surface area contributed by atoms with Gasteiger partial charge in [0.25, 0.3) is 5.78 Å². The molecule has 0 unspecified atom stereocenters. The summed E-state index contributed by atoms with van der Waals surface area (Å²) >= 11 is 0. The monoisotopic (exact) mass is 355 g/mol. The van der Waals surface area contributed by atoms with Gasteiger partial charge in [0.2, 0.25) is 5.91 Å². The molecule has 2 heterocycles. The number of nitrogens with one attached hydrogen (secondary N) is 1. The molecule has 0 spiro atoms. The van der Waals surface area contributed by atoms with Crippen molar-refractivity contribution in [2.75, 3.05) is 19.5 Å². The third-order valence-electron chi connectivity index (χ3n) is 4.26. The van der Waals surface area contributed by atoms with Crippen LogP contribution in [0.4, 0.5) is 5.69 Å². The molecular formula is C18H21N5O3. The molecule has 3 rings (SSSR count). The number of aromatic nitrogens is 4. The van der Waals surface area contributed by atoms with E-state index in [1.807, 2.05) is 13.8 Å². The number of benzene rings is 1. The van der Waals surface area contributed by atoms with Gasteiger partial charge in [-0.3, -0.25) is 4.79 Å². The zero-order chi connectivity index (χ0) is 18.7. The predicted molar refractivity (Wildman–Crippen MR) is 96.8 cm³/mol. The first-order valence-corrected chi connectivity index (χ1v) is 8.21. The normalized spacial score (nSPS) is 10.8. The van der Waals surface area contributed by atoms with Crippen LogP contribution in [0.1, 0.15) is 23.4 Å². The van der Waals surface area contributed by atoms with E-state index < -0.39 is 0 Å². The Morgan fingerprint density at radius 2 is 1.96 bits per heavy atom. The number of hydrogen-bond donors (Lipinski definition) is 1. The SMILES string of the molecule is COc1ccc(NC(=O)CCc2c(C)nc3ncnn3c2C)cc1OC. The summed E-state index contributed by atoms with van der Waals surface area (Å²) in [6, 6.07) is 5.26. The van der Waals surface area contributed by atoms with Gasteiger partial charge in [-0.15, -0.1) is 0 Å². The molecule has 8 heteroatoms. The van der Waals surface area contributed by atoms with Crippen LogP contribution in [0, 0.1) is 13.8 Å². The second-order valence-corrected chi connectivity index (χ2v) is 5.85. The van der Waals surface area contributed by atoms with Crippen molar-refractivity contribution < 1.29 is 14.3 Å². The lowest BCUT2D eigenvalue weighted by atomic mass is 10.1. The molecule has 0 aliphatic rings. The van der Waals surface area contributed by atoms with Crippen LogP contribution in [-0.2, 0) is 11.2 Å². The lowest BCUT2D eigenvalue weighted by molar-refractivity contribution is -0.116. The second-order valence-electron chi connectivity index (χ2n) is 5.85. The van der Waals surface area contributed by atoms with Crippen molar-refractivity contribution in [3.63, 3.8) is 0 Å². The predicted octanol–water partition coefficient (Wildman–Crippen LogP) is 2.33. The average molecular weight is 355 g/mol. The van der Waals surface area contributed by atoms with Gasteiger partial charge in [0.05, 0.1) is 14.2 Å². The molecule has 26 heavy (non-hydrogen) atoms. The van der Waals surface area contributed by atoms with Gasteiger partial charge in [-0.05, 0) is 38.0 Å². The molecule has 0 fully saturated rings. The number of aryl methyl sites for hydroxylation is 2. The van der Waals surface area contributed by atoms with E-state index >= 15 is 0 Å². The van der Waals surface area contributed by atoms with E-state index in [1.54, 1.807) is 36.9 Å². The molecule has 0 bridgehead atoms. The number of rotatable bonds is 6. The van der Waals surface area contributed by atoms with Crippen LogP contribution < -0.4 is 14.8 Å². The Balaban J connectivity index is 1.70. The Morgan fingerprint density at radius 3 is 2.69 bits per heavy atom. The topological polar surface area (TPSA) is 90.6 Å². The first-order chi connectivity index (χ1) is 12.5. The molecule has 0 aliphatic heterocycles. The third kappa shape index (κ3) is 3.44. The minimum atomic E-state index is -0.0882. The molecular weight excluding hydrogens is 334 g/mol. The zero-order valence-corrected chi connectivity index (χ0v) is 15.2. The van der Waals surface area contributed by atoms with Crippen molar-refractivity contribution in [1.82, 2.24) is 19.6 Å². The molecule has 0 atom stereocenters. The van der Waals surface area contributed by atoms with Crippen molar-refractivity contribution in [2.24, 2.45) is 0 Å². The van der Waals surface area contributed by atoms with Crippen LogP contribution in [0.2, 0.25) is 0 Å². The second kappa shape index (κ2) is 7.38. The first kappa shape index (κ1) is 17.7. The van der Waals surface area contributed by atoms with E-state index in [0.717, 1.165) is 17.0 Å². The maximum atomic E-state index is 12.3. The number of carbonyl (C=O) groups excluding carboxylic acids is 1. The zero-order valence-electron chi connectivity index (χ0n) is 15.2. The van der Waals surface area contributed by atoms with Crippen LogP contribution in [-0.4, -0.2) is 39.7 Å². The van der Waals surface area contributed by atoms with Crippen LogP contribution in [0.25, 0.3) is 5.78 Å². The molecule has 1 N–H and O–H groups in total. The highest BCUT2D eigenvalue weighted by molar-refractivity contribution is 5.91. The molecule has 0 aliphatic carbocycles. The molecule has 2 aromatic heterocycles. The van der Waals surface area contributed by atoms with E-state index in [4.69, 9.17) is 9.47 Å². The van der Waals surface area contributed by atoms with Crippen molar-refractivity contribution >= 4 is 17.4 Å². The fraction of sp³-hybridized carbons (Fsp3) is 0.333. The van der Waals surface area contributed by atoms with Gasteiger partial charge in [0.15, 0.2) is 11.5 Å². The Kier molecular flexibility index (Phi) is 5.01. The molecule has 3 aromatic rings. The van der Waals surface area contributed by atoms with Crippen molar-refractivity contribution in [1.29, 1.82) is 0 Å². The van der Waals surface area contributed by atoms with Crippen molar-refractivity contribution in [3.05, 3.63) is 41.5 Å². The lowest BCUT2D eigenvalue weighted by Crippen LogP contribution is -2.14. The lowest BCUT2D eigenvalue weighted by Gasteiger charge is -2.12. The maximum absolute atomic E-state index is 12.3. The van der Waals surface area contributed by atoms with Gasteiger partial charge in [-0.25, -0.2) is 9.50 Å². The quantitative estimate of drug-likeness (QED) is 0.730. The van der Waals surface area contributed by atoms with E-state index in [0.29, 0.717) is 35.8 Å². The molecule has 0 radical (unpaired) electrons. The fourth-order valence-electron chi connectivity index (χ4n) is 2.89. The highest BCUT2D eigenvalue weighted by Crippen LogP contribution is 2.29. The fourth-order valence-corrected chi connectivity index (χ4v) is 2.89. The number of anilines is 1. The number of hydrogen-bond acceptors (Lipinski definition) is 6. The average Bonchev–Trinajstić information content (AvgIpc) is 3.09. The van der Waals surface area contributed by atoms with Gasteiger partial charge in [0, 0.05) is 29.6 Å². The molecule has 136 valence electrons. The van der Waals surface area contributed by atoms with Crippen LogP contribution in [0.5, 0.6) is 11.5 Å².